The topological polar surface area (TPSA) is 45.1 Å². The number of rotatable bonds is 6. The molecule has 80 valence electrons. The van der Waals surface area contributed by atoms with Crippen molar-refractivity contribution in [2.45, 2.75) is 30.3 Å². The van der Waals surface area contributed by atoms with E-state index in [0.717, 1.165) is 4.34 Å². The zero-order chi connectivity index (χ0) is 10.4. The minimum Gasteiger partial charge on any atom is -0.391 e. The van der Waals surface area contributed by atoms with Crippen LogP contribution < -0.4 is 5.32 Å². The van der Waals surface area contributed by atoms with Crippen LogP contribution in [0.1, 0.15) is 13.8 Å². The number of aliphatic hydroxyl groups excluding tert-OH is 1. The van der Waals surface area contributed by atoms with E-state index in [-0.39, 0.29) is 6.10 Å². The van der Waals surface area contributed by atoms with Gasteiger partial charge in [-0.15, -0.1) is 11.3 Å². The number of thiazole rings is 1. The van der Waals surface area contributed by atoms with Gasteiger partial charge in [0.2, 0.25) is 0 Å². The highest BCUT2D eigenvalue weighted by molar-refractivity contribution is 8.01. The summed E-state index contributed by atoms with van der Waals surface area (Å²) in [5, 5.41) is 14.7. The van der Waals surface area contributed by atoms with Crippen LogP contribution >= 0.6 is 23.1 Å². The van der Waals surface area contributed by atoms with Crippen LogP contribution in [0, 0.1) is 0 Å². The molecular weight excluding hydrogens is 216 g/mol. The van der Waals surface area contributed by atoms with Gasteiger partial charge in [-0.3, -0.25) is 0 Å². The lowest BCUT2D eigenvalue weighted by Crippen LogP contribution is -2.33. The molecule has 1 aromatic rings. The van der Waals surface area contributed by atoms with Crippen LogP contribution in [0.2, 0.25) is 0 Å². The number of aromatic nitrogens is 1. The van der Waals surface area contributed by atoms with E-state index in [9.17, 15) is 5.11 Å². The average Bonchev–Trinajstić information content (AvgIpc) is 2.63. The Labute approximate surface area is 92.9 Å². The van der Waals surface area contributed by atoms with Crippen molar-refractivity contribution >= 4 is 23.1 Å². The second kappa shape index (κ2) is 6.40. The summed E-state index contributed by atoms with van der Waals surface area (Å²) in [5.74, 6) is 0.702. The lowest BCUT2D eigenvalue weighted by atomic mass is 10.3. The van der Waals surface area contributed by atoms with Crippen LogP contribution in [-0.2, 0) is 0 Å². The van der Waals surface area contributed by atoms with Crippen LogP contribution in [0.15, 0.2) is 15.9 Å². The van der Waals surface area contributed by atoms with E-state index < -0.39 is 0 Å². The van der Waals surface area contributed by atoms with Crippen molar-refractivity contribution in [3.8, 4) is 0 Å². The van der Waals surface area contributed by atoms with E-state index in [1.807, 2.05) is 5.38 Å². The van der Waals surface area contributed by atoms with Crippen molar-refractivity contribution in [3.05, 3.63) is 11.6 Å². The molecular formula is C9H16N2OS2. The zero-order valence-corrected chi connectivity index (χ0v) is 10.1. The molecule has 0 aromatic carbocycles. The molecule has 2 N–H and O–H groups in total. The summed E-state index contributed by atoms with van der Waals surface area (Å²) in [7, 11) is 0. The van der Waals surface area contributed by atoms with Crippen molar-refractivity contribution < 1.29 is 5.11 Å². The summed E-state index contributed by atoms with van der Waals surface area (Å²) in [6, 6.07) is 0.425. The van der Waals surface area contributed by atoms with E-state index in [2.05, 4.69) is 24.1 Å². The Morgan fingerprint density at radius 1 is 1.64 bits per heavy atom. The highest BCUT2D eigenvalue weighted by atomic mass is 32.2. The molecule has 14 heavy (non-hydrogen) atoms. The van der Waals surface area contributed by atoms with Crippen LogP contribution in [-0.4, -0.2) is 34.5 Å². The Morgan fingerprint density at radius 3 is 3.00 bits per heavy atom. The van der Waals surface area contributed by atoms with Gasteiger partial charge in [0.15, 0.2) is 0 Å². The van der Waals surface area contributed by atoms with Gasteiger partial charge in [-0.05, 0) is 0 Å². The third-order valence-electron chi connectivity index (χ3n) is 1.57. The molecule has 0 spiro atoms. The lowest BCUT2D eigenvalue weighted by Gasteiger charge is -2.12. The van der Waals surface area contributed by atoms with E-state index in [1.54, 1.807) is 29.3 Å². The number of aliphatic hydroxyl groups is 1. The largest absolute Gasteiger partial charge is 0.391 e. The predicted molar refractivity (Wildman–Crippen MR) is 62.0 cm³/mol. The van der Waals surface area contributed by atoms with Crippen LogP contribution in [0.3, 0.4) is 0 Å². The fourth-order valence-electron chi connectivity index (χ4n) is 0.880. The average molecular weight is 232 g/mol. The number of thioether (sulfide) groups is 1. The first-order chi connectivity index (χ1) is 6.68. The predicted octanol–water partition coefficient (Wildman–Crippen LogP) is 1.59. The van der Waals surface area contributed by atoms with Crippen molar-refractivity contribution in [1.29, 1.82) is 0 Å². The third kappa shape index (κ3) is 4.95. The molecule has 0 aliphatic rings. The van der Waals surface area contributed by atoms with Gasteiger partial charge in [-0.1, -0.05) is 25.6 Å². The maximum Gasteiger partial charge on any atom is 0.149 e. The number of hydrogen-bond acceptors (Lipinski definition) is 5. The molecule has 1 rings (SSSR count). The summed E-state index contributed by atoms with van der Waals surface area (Å²) in [6.07, 6.45) is 1.48. The molecule has 0 saturated carbocycles. The molecule has 0 fully saturated rings. The number of hydrogen-bond donors (Lipinski definition) is 2. The Balaban J connectivity index is 2.12. The molecule has 0 bridgehead atoms. The van der Waals surface area contributed by atoms with Gasteiger partial charge in [0.25, 0.3) is 0 Å². The molecule has 0 radical (unpaired) electrons. The van der Waals surface area contributed by atoms with Crippen molar-refractivity contribution in [3.63, 3.8) is 0 Å². The fraction of sp³-hybridized carbons (Fsp3) is 0.667. The first-order valence-corrected chi connectivity index (χ1v) is 6.48. The quantitative estimate of drug-likeness (QED) is 0.731. The van der Waals surface area contributed by atoms with E-state index in [0.29, 0.717) is 18.3 Å². The zero-order valence-electron chi connectivity index (χ0n) is 8.43. The normalized spacial score (nSPS) is 13.4. The van der Waals surface area contributed by atoms with Crippen molar-refractivity contribution in [2.24, 2.45) is 0 Å². The SMILES string of the molecule is CC(C)NCC(O)CSc1nccs1. The van der Waals surface area contributed by atoms with E-state index in [1.165, 1.54) is 0 Å². The molecule has 1 heterocycles. The van der Waals surface area contributed by atoms with Crippen molar-refractivity contribution in [1.82, 2.24) is 10.3 Å². The molecule has 0 aliphatic heterocycles. The Hall–Kier alpha value is -0.100. The van der Waals surface area contributed by atoms with Crippen LogP contribution in [0.5, 0.6) is 0 Å². The Morgan fingerprint density at radius 2 is 2.43 bits per heavy atom. The maximum atomic E-state index is 9.59. The van der Waals surface area contributed by atoms with E-state index >= 15 is 0 Å². The summed E-state index contributed by atoms with van der Waals surface area (Å²) < 4.78 is 1.02. The smallest absolute Gasteiger partial charge is 0.149 e. The molecule has 1 atom stereocenters. The summed E-state index contributed by atoms with van der Waals surface area (Å²) in [4.78, 5) is 4.13. The summed E-state index contributed by atoms with van der Waals surface area (Å²) in [6.45, 7) is 4.79. The second-order valence-electron chi connectivity index (χ2n) is 3.33. The maximum absolute atomic E-state index is 9.59. The molecule has 0 amide bonds. The van der Waals surface area contributed by atoms with Gasteiger partial charge >= 0.3 is 0 Å². The van der Waals surface area contributed by atoms with Gasteiger partial charge in [0.05, 0.1) is 6.10 Å². The fourth-order valence-corrected chi connectivity index (χ4v) is 2.47. The van der Waals surface area contributed by atoms with Crippen molar-refractivity contribution in [2.75, 3.05) is 12.3 Å². The standard InChI is InChI=1S/C9H16N2OS2/c1-7(2)11-5-8(12)6-14-9-10-3-4-13-9/h3-4,7-8,11-12H,5-6H2,1-2H3. The first kappa shape index (κ1) is 12.0. The number of nitrogens with one attached hydrogen (secondary N) is 1. The van der Waals surface area contributed by atoms with Gasteiger partial charge in [-0.2, -0.15) is 0 Å². The molecule has 0 saturated heterocycles. The molecule has 1 unspecified atom stereocenters. The van der Waals surface area contributed by atoms with Crippen LogP contribution in [0.25, 0.3) is 0 Å². The minimum absolute atomic E-state index is 0.300. The highest BCUT2D eigenvalue weighted by Gasteiger charge is 2.06. The summed E-state index contributed by atoms with van der Waals surface area (Å²) in [5.41, 5.74) is 0. The van der Waals surface area contributed by atoms with Gasteiger partial charge in [-0.25, -0.2) is 4.98 Å². The second-order valence-corrected chi connectivity index (χ2v) is 5.49. The van der Waals surface area contributed by atoms with Crippen LogP contribution in [0.4, 0.5) is 0 Å². The highest BCUT2D eigenvalue weighted by Crippen LogP contribution is 2.20. The lowest BCUT2D eigenvalue weighted by molar-refractivity contribution is 0.192. The minimum atomic E-state index is -0.300. The van der Waals surface area contributed by atoms with Gasteiger partial charge in [0.1, 0.15) is 4.34 Å². The first-order valence-electron chi connectivity index (χ1n) is 4.62. The Bertz CT molecular complexity index is 239. The van der Waals surface area contributed by atoms with Gasteiger partial charge < -0.3 is 10.4 Å². The third-order valence-corrected chi connectivity index (χ3v) is 3.68. The molecule has 3 nitrogen and oxygen atoms in total. The molecule has 1 aromatic heterocycles. The molecule has 5 heteroatoms. The molecule has 0 aliphatic carbocycles. The Kier molecular flexibility index (Phi) is 5.47. The van der Waals surface area contributed by atoms with Gasteiger partial charge in [0, 0.05) is 29.9 Å². The number of nitrogens with zero attached hydrogens (tertiary/aromatic N) is 1. The van der Waals surface area contributed by atoms with E-state index in [4.69, 9.17) is 0 Å². The summed E-state index contributed by atoms with van der Waals surface area (Å²) >= 11 is 3.21. The monoisotopic (exact) mass is 232 g/mol.